The van der Waals surface area contributed by atoms with E-state index >= 15 is 0 Å². The minimum Gasteiger partial charge on any atom is -0.477 e. The number of Topliss-reactive ketones (excluding diaryl/α,β-unsaturated/α-hetero) is 1. The quantitative estimate of drug-likeness (QED) is 0.123. The Labute approximate surface area is 382 Å². The van der Waals surface area contributed by atoms with Crippen LogP contribution in [-0.4, -0.2) is 127 Å². The number of carbonyl (C=O) groups excluding carboxylic acids is 3. The predicted molar refractivity (Wildman–Crippen MR) is 254 cm³/mol. The molecule has 15 nitrogen and oxygen atoms in total. The van der Waals surface area contributed by atoms with E-state index in [2.05, 4.69) is 39.3 Å². The lowest BCUT2D eigenvalue weighted by Gasteiger charge is -2.28. The average Bonchev–Trinajstić information content (AvgIpc) is 4.04. The molecule has 6 heterocycles. The number of aryl methyl sites for hydroxylation is 2. The van der Waals surface area contributed by atoms with Gasteiger partial charge in [0, 0.05) is 70.2 Å². The lowest BCUT2D eigenvalue weighted by atomic mass is 9.98. The number of anilines is 4. The van der Waals surface area contributed by atoms with Gasteiger partial charge in [-0.05, 0) is 120 Å². The Morgan fingerprint density at radius 1 is 0.615 bits per heavy atom. The summed E-state index contributed by atoms with van der Waals surface area (Å²) < 4.78 is 10.9. The zero-order valence-corrected chi connectivity index (χ0v) is 38.5. The summed E-state index contributed by atoms with van der Waals surface area (Å²) in [7, 11) is 0. The molecule has 4 aliphatic rings. The number of likely N-dealkylation sites (tertiary alicyclic amines) is 2. The van der Waals surface area contributed by atoms with E-state index in [0.29, 0.717) is 75.0 Å². The molecule has 15 heteroatoms. The van der Waals surface area contributed by atoms with Crippen molar-refractivity contribution >= 4 is 46.8 Å². The van der Waals surface area contributed by atoms with E-state index in [4.69, 9.17) is 9.47 Å². The van der Waals surface area contributed by atoms with Gasteiger partial charge in [-0.1, -0.05) is 45.7 Å². The first-order valence-electron chi connectivity index (χ1n) is 23.2. The first-order chi connectivity index (χ1) is 31.4. The van der Waals surface area contributed by atoms with Crippen molar-refractivity contribution in [1.29, 1.82) is 0 Å². The number of nitrogens with zero attached hydrogens (tertiary/aromatic N) is 6. The van der Waals surface area contributed by atoms with Crippen LogP contribution in [0.4, 0.5) is 32.6 Å². The number of hydrogen-bond donors (Lipinski definition) is 3. The zero-order chi connectivity index (χ0) is 46.0. The molecule has 4 saturated heterocycles. The number of carboxylic acids is 1. The molecule has 4 aromatic rings. The number of carbonyl (C=O) groups is 4. The number of ketones is 1. The SMILES string of the molecule is CCC(=O)c1cc(-c2cc(NC(=O)N3CC[C@@H](CC)C3)ccc2C)cc(N2CCOCC2)n1.CC[C@@H]1CCN(C(=O)Nc2ccc(C)c(-c3cc(C(=O)O)nc(N4CCOCC4)c3)c2)C1. The lowest BCUT2D eigenvalue weighted by molar-refractivity contribution is 0.0690. The molecule has 4 amide bonds. The summed E-state index contributed by atoms with van der Waals surface area (Å²) in [5.74, 6) is 1.54. The van der Waals surface area contributed by atoms with Gasteiger partial charge in [-0.15, -0.1) is 0 Å². The zero-order valence-electron chi connectivity index (χ0n) is 38.5. The smallest absolute Gasteiger partial charge is 0.354 e. The number of nitrogens with one attached hydrogen (secondary N) is 2. The number of rotatable bonds is 11. The van der Waals surface area contributed by atoms with Gasteiger partial charge in [0.15, 0.2) is 11.5 Å². The van der Waals surface area contributed by atoms with Gasteiger partial charge in [0.05, 0.1) is 26.4 Å². The van der Waals surface area contributed by atoms with Crippen molar-refractivity contribution in [3.05, 3.63) is 83.2 Å². The number of ether oxygens (including phenoxy) is 2. The summed E-state index contributed by atoms with van der Waals surface area (Å²) in [6.45, 7) is 18.7. The van der Waals surface area contributed by atoms with Crippen LogP contribution in [0.1, 0.15) is 85.0 Å². The molecule has 0 unspecified atom stereocenters. The molecule has 0 bridgehead atoms. The largest absolute Gasteiger partial charge is 0.477 e. The Morgan fingerprint density at radius 2 is 1.05 bits per heavy atom. The number of carboxylic acid groups (broad SMARTS) is 1. The first-order valence-corrected chi connectivity index (χ1v) is 23.2. The molecule has 0 spiro atoms. The normalized spacial score (nSPS) is 18.5. The summed E-state index contributed by atoms with van der Waals surface area (Å²) >= 11 is 0. The molecular weight excluding hydrogens is 825 g/mol. The van der Waals surface area contributed by atoms with Gasteiger partial charge in [-0.25, -0.2) is 24.4 Å². The van der Waals surface area contributed by atoms with Crippen molar-refractivity contribution in [3.8, 4) is 22.3 Å². The molecule has 4 fully saturated rings. The molecule has 2 aromatic carbocycles. The van der Waals surface area contributed by atoms with Gasteiger partial charge in [-0.3, -0.25) is 4.79 Å². The van der Waals surface area contributed by atoms with Crippen LogP contribution >= 0.6 is 0 Å². The summed E-state index contributed by atoms with van der Waals surface area (Å²) in [6, 6.07) is 19.0. The standard InChI is InChI=1S/C26H34N4O3.C24H30N4O4/c1-4-19-8-9-30(17-19)26(32)27-21-7-6-18(3)22(16-21)20-14-23(24(31)5-2)28-25(15-20)29-10-12-33-13-11-29;1-3-17-6-7-28(15-17)24(31)25-19-5-4-16(2)20(14-19)18-12-21(23(29)30)26-22(13-18)27-8-10-32-11-9-27/h6-7,14-16,19H,4-5,8-13,17H2,1-3H3,(H,27,32);4-5,12-14,17H,3,6-11,15H2,1-2H3,(H,25,31)(H,29,30)/t19-;17-/m11/s1. The Kier molecular flexibility index (Phi) is 15.7. The second kappa shape index (κ2) is 21.7. The van der Waals surface area contributed by atoms with E-state index in [1.54, 1.807) is 6.07 Å². The number of urea groups is 2. The first kappa shape index (κ1) is 46.9. The molecule has 0 saturated carbocycles. The van der Waals surface area contributed by atoms with Gasteiger partial charge in [-0.2, -0.15) is 0 Å². The highest BCUT2D eigenvalue weighted by molar-refractivity contribution is 5.96. The van der Waals surface area contributed by atoms with Crippen LogP contribution in [0.25, 0.3) is 22.3 Å². The predicted octanol–water partition coefficient (Wildman–Crippen LogP) is 8.61. The highest BCUT2D eigenvalue weighted by Crippen LogP contribution is 2.33. The molecule has 3 N–H and O–H groups in total. The molecule has 8 rings (SSSR count). The van der Waals surface area contributed by atoms with E-state index in [1.165, 1.54) is 0 Å². The summed E-state index contributed by atoms with van der Waals surface area (Å²) in [6.07, 6.45) is 4.70. The molecule has 2 atom stereocenters. The second-order valence-corrected chi connectivity index (χ2v) is 17.4. The van der Waals surface area contributed by atoms with Crippen molar-refractivity contribution in [3.63, 3.8) is 0 Å². The third-order valence-corrected chi connectivity index (χ3v) is 13.0. The number of morpholine rings is 2. The molecule has 2 aromatic heterocycles. The van der Waals surface area contributed by atoms with Crippen LogP contribution < -0.4 is 20.4 Å². The average molecular weight is 889 g/mol. The maximum absolute atomic E-state index is 12.8. The summed E-state index contributed by atoms with van der Waals surface area (Å²) in [4.78, 5) is 66.8. The van der Waals surface area contributed by atoms with Gasteiger partial charge < -0.3 is 44.8 Å². The van der Waals surface area contributed by atoms with Crippen LogP contribution in [-0.2, 0) is 9.47 Å². The minimum absolute atomic E-state index is 0.000467. The third kappa shape index (κ3) is 11.8. The van der Waals surface area contributed by atoms with Crippen molar-refractivity contribution in [2.45, 2.75) is 66.7 Å². The fraction of sp³-hybridized carbons (Fsp3) is 0.480. The fourth-order valence-corrected chi connectivity index (χ4v) is 8.81. The van der Waals surface area contributed by atoms with Crippen LogP contribution in [0.15, 0.2) is 60.7 Å². The number of pyridine rings is 2. The van der Waals surface area contributed by atoms with Crippen LogP contribution in [0.3, 0.4) is 0 Å². The molecule has 0 radical (unpaired) electrons. The minimum atomic E-state index is -1.07. The number of hydrogen-bond acceptors (Lipinski definition) is 10. The maximum atomic E-state index is 12.8. The Morgan fingerprint density at radius 3 is 1.45 bits per heavy atom. The van der Waals surface area contributed by atoms with Crippen molar-refractivity contribution < 1.29 is 33.8 Å². The number of aromatic carboxylic acids is 1. The topological polar surface area (TPSA) is 170 Å². The van der Waals surface area contributed by atoms with E-state index < -0.39 is 5.97 Å². The van der Waals surface area contributed by atoms with Crippen LogP contribution in [0, 0.1) is 25.7 Å². The van der Waals surface area contributed by atoms with E-state index in [9.17, 15) is 24.3 Å². The molecule has 346 valence electrons. The Bertz CT molecular complexity index is 2340. The van der Waals surface area contributed by atoms with Crippen molar-refractivity contribution in [2.24, 2.45) is 11.8 Å². The highest BCUT2D eigenvalue weighted by atomic mass is 16.5. The van der Waals surface area contributed by atoms with E-state index in [1.807, 2.05) is 90.1 Å². The third-order valence-electron chi connectivity index (χ3n) is 13.0. The van der Waals surface area contributed by atoms with Gasteiger partial charge in [0.1, 0.15) is 17.3 Å². The van der Waals surface area contributed by atoms with E-state index in [0.717, 1.165) is 110 Å². The van der Waals surface area contributed by atoms with Crippen LogP contribution in [0.2, 0.25) is 0 Å². The van der Waals surface area contributed by atoms with Crippen molar-refractivity contribution in [1.82, 2.24) is 19.8 Å². The number of aromatic nitrogens is 2. The van der Waals surface area contributed by atoms with Crippen LogP contribution in [0.5, 0.6) is 0 Å². The monoisotopic (exact) mass is 888 g/mol. The van der Waals surface area contributed by atoms with Gasteiger partial charge in [0.25, 0.3) is 0 Å². The Balaban J connectivity index is 0.000000194. The lowest BCUT2D eigenvalue weighted by Crippen LogP contribution is -2.37. The molecule has 65 heavy (non-hydrogen) atoms. The maximum Gasteiger partial charge on any atom is 0.354 e. The molecule has 4 aliphatic heterocycles. The van der Waals surface area contributed by atoms with Crippen molar-refractivity contribution in [2.75, 3.05) is 99.2 Å². The Hall–Kier alpha value is -6.06. The van der Waals surface area contributed by atoms with Gasteiger partial charge in [0.2, 0.25) is 0 Å². The fourth-order valence-electron chi connectivity index (χ4n) is 8.81. The molecular formula is C50H64N8O7. The number of amides is 4. The second-order valence-electron chi connectivity index (χ2n) is 17.4. The summed E-state index contributed by atoms with van der Waals surface area (Å²) in [5.41, 5.74) is 7.56. The van der Waals surface area contributed by atoms with E-state index in [-0.39, 0.29) is 23.5 Å². The van der Waals surface area contributed by atoms with Gasteiger partial charge >= 0.3 is 18.0 Å². The molecule has 0 aliphatic carbocycles. The summed E-state index contributed by atoms with van der Waals surface area (Å²) in [5, 5.41) is 15.7. The highest BCUT2D eigenvalue weighted by Gasteiger charge is 2.27. The number of benzene rings is 2.